The van der Waals surface area contributed by atoms with Crippen LogP contribution in [-0.4, -0.2) is 11.9 Å². The van der Waals surface area contributed by atoms with Crippen molar-refractivity contribution >= 4 is 5.91 Å². The van der Waals surface area contributed by atoms with E-state index in [1.807, 2.05) is 0 Å². The molecule has 3 N–H and O–H groups in total. The molecule has 1 amide bonds. The van der Waals surface area contributed by atoms with E-state index in [2.05, 4.69) is 36.5 Å². The fraction of sp³-hybridized carbons (Fsp3) is 0.667. The van der Waals surface area contributed by atoms with Crippen LogP contribution in [0.3, 0.4) is 0 Å². The van der Waals surface area contributed by atoms with Crippen molar-refractivity contribution in [2.45, 2.75) is 69.9 Å². The molecular formula is C21H30N2O. The lowest BCUT2D eigenvalue weighted by Crippen LogP contribution is -2.49. The summed E-state index contributed by atoms with van der Waals surface area (Å²) in [5.74, 6) is 2.17. The molecule has 3 nitrogen and oxygen atoms in total. The summed E-state index contributed by atoms with van der Waals surface area (Å²) < 4.78 is 0. The summed E-state index contributed by atoms with van der Waals surface area (Å²) in [5.41, 5.74) is 9.12. The molecule has 0 radical (unpaired) electrons. The van der Waals surface area contributed by atoms with E-state index in [9.17, 15) is 4.79 Å². The monoisotopic (exact) mass is 326 g/mol. The Morgan fingerprint density at radius 3 is 2.42 bits per heavy atom. The number of benzene rings is 1. The van der Waals surface area contributed by atoms with Gasteiger partial charge in [0, 0.05) is 12.0 Å². The van der Waals surface area contributed by atoms with E-state index >= 15 is 0 Å². The molecule has 2 fully saturated rings. The first kappa shape index (κ1) is 16.1. The summed E-state index contributed by atoms with van der Waals surface area (Å²) in [6.45, 7) is 2.29. The molecule has 2 bridgehead atoms. The highest BCUT2D eigenvalue weighted by Crippen LogP contribution is 2.43. The van der Waals surface area contributed by atoms with E-state index in [0.717, 1.165) is 25.7 Å². The van der Waals surface area contributed by atoms with Gasteiger partial charge in [-0.3, -0.25) is 4.79 Å². The maximum absolute atomic E-state index is 12.9. The third-order valence-electron chi connectivity index (χ3n) is 6.89. The maximum atomic E-state index is 12.9. The molecule has 4 atom stereocenters. The summed E-state index contributed by atoms with van der Waals surface area (Å²) in [6.07, 6.45) is 7.93. The van der Waals surface area contributed by atoms with E-state index in [0.29, 0.717) is 23.8 Å². The number of fused-ring (bicyclic) bond motifs is 3. The van der Waals surface area contributed by atoms with Gasteiger partial charge in [0.1, 0.15) is 0 Å². The van der Waals surface area contributed by atoms with Gasteiger partial charge in [-0.2, -0.15) is 0 Å². The molecule has 24 heavy (non-hydrogen) atoms. The van der Waals surface area contributed by atoms with Gasteiger partial charge in [-0.15, -0.1) is 0 Å². The highest BCUT2D eigenvalue weighted by molar-refractivity contribution is 5.79. The molecule has 3 heteroatoms. The smallest absolute Gasteiger partial charge is 0.223 e. The van der Waals surface area contributed by atoms with Crippen molar-refractivity contribution in [3.05, 3.63) is 35.4 Å². The Balaban J connectivity index is 1.46. The molecule has 1 aromatic carbocycles. The van der Waals surface area contributed by atoms with Crippen molar-refractivity contribution in [1.82, 2.24) is 5.32 Å². The third-order valence-corrected chi connectivity index (χ3v) is 6.89. The van der Waals surface area contributed by atoms with Crippen LogP contribution in [0, 0.1) is 17.8 Å². The fourth-order valence-electron chi connectivity index (χ4n) is 5.45. The Morgan fingerprint density at radius 1 is 1.04 bits per heavy atom. The van der Waals surface area contributed by atoms with Crippen molar-refractivity contribution in [2.75, 3.05) is 0 Å². The normalized spacial score (nSPS) is 38.2. The van der Waals surface area contributed by atoms with Crippen molar-refractivity contribution in [3.63, 3.8) is 0 Å². The highest BCUT2D eigenvalue weighted by Gasteiger charge is 2.41. The second-order valence-corrected chi connectivity index (χ2v) is 8.37. The maximum Gasteiger partial charge on any atom is 0.223 e. The van der Waals surface area contributed by atoms with E-state index in [4.69, 9.17) is 5.73 Å². The zero-order chi connectivity index (χ0) is 16.7. The number of carbonyl (C=O) groups is 1. The van der Waals surface area contributed by atoms with Gasteiger partial charge < -0.3 is 11.1 Å². The number of nitrogens with two attached hydrogens (primary N) is 1. The molecule has 0 aliphatic heterocycles. The van der Waals surface area contributed by atoms with Crippen molar-refractivity contribution < 1.29 is 4.79 Å². The van der Waals surface area contributed by atoms with Crippen molar-refractivity contribution in [1.29, 1.82) is 0 Å². The molecule has 0 spiro atoms. The lowest BCUT2D eigenvalue weighted by molar-refractivity contribution is -0.128. The largest absolute Gasteiger partial charge is 0.349 e. The zero-order valence-corrected chi connectivity index (χ0v) is 14.7. The van der Waals surface area contributed by atoms with Gasteiger partial charge in [-0.1, -0.05) is 37.6 Å². The molecule has 130 valence electrons. The Bertz CT molecular complexity index is 600. The lowest BCUT2D eigenvalue weighted by Gasteiger charge is -2.44. The van der Waals surface area contributed by atoms with E-state index < -0.39 is 0 Å². The van der Waals surface area contributed by atoms with Gasteiger partial charge in [0.05, 0.1) is 6.04 Å². The molecule has 4 unspecified atom stereocenters. The lowest BCUT2D eigenvalue weighted by atomic mass is 9.65. The predicted octanol–water partition coefficient (Wildman–Crippen LogP) is 3.89. The first-order chi connectivity index (χ1) is 11.6. The van der Waals surface area contributed by atoms with Crippen LogP contribution in [-0.2, 0) is 4.79 Å². The standard InChI is InChI=1S/C21H30N2O/c1-13-9-10-19(18-8-3-2-7-17(13)18)23-21(24)16-11-14-5-4-6-15(12-16)20(14)22/h2-3,7-8,13-16,19-20H,4-6,9-12,22H2,1H3,(H,23,24). The van der Waals surface area contributed by atoms with Crippen molar-refractivity contribution in [3.8, 4) is 0 Å². The summed E-state index contributed by atoms with van der Waals surface area (Å²) in [7, 11) is 0. The van der Waals surface area contributed by atoms with Crippen LogP contribution < -0.4 is 11.1 Å². The molecule has 0 heterocycles. The van der Waals surface area contributed by atoms with Crippen LogP contribution in [0.5, 0.6) is 0 Å². The quantitative estimate of drug-likeness (QED) is 0.866. The topological polar surface area (TPSA) is 55.1 Å². The highest BCUT2D eigenvalue weighted by atomic mass is 16.1. The SMILES string of the molecule is CC1CCC(NC(=O)C2CC3CCCC(C2)C3N)c2ccccc21. The number of rotatable bonds is 2. The first-order valence-corrected chi connectivity index (χ1v) is 9.78. The molecule has 2 saturated carbocycles. The average molecular weight is 326 g/mol. The molecule has 3 aliphatic carbocycles. The molecule has 1 aromatic rings. The van der Waals surface area contributed by atoms with Crippen LogP contribution in [0.25, 0.3) is 0 Å². The molecule has 0 aromatic heterocycles. The molecule has 0 saturated heterocycles. The predicted molar refractivity (Wildman–Crippen MR) is 96.5 cm³/mol. The van der Waals surface area contributed by atoms with Gasteiger partial charge in [-0.25, -0.2) is 0 Å². The van der Waals surface area contributed by atoms with Gasteiger partial charge in [0.25, 0.3) is 0 Å². The van der Waals surface area contributed by atoms with Crippen molar-refractivity contribution in [2.24, 2.45) is 23.5 Å². The van der Waals surface area contributed by atoms with Crippen LogP contribution in [0.4, 0.5) is 0 Å². The number of carbonyl (C=O) groups excluding carboxylic acids is 1. The fourth-order valence-corrected chi connectivity index (χ4v) is 5.45. The van der Waals surface area contributed by atoms with Gasteiger partial charge >= 0.3 is 0 Å². The minimum atomic E-state index is 0.173. The summed E-state index contributed by atoms with van der Waals surface area (Å²) in [5, 5.41) is 3.39. The summed E-state index contributed by atoms with van der Waals surface area (Å²) in [4.78, 5) is 12.9. The van der Waals surface area contributed by atoms with Crippen LogP contribution in [0.2, 0.25) is 0 Å². The summed E-state index contributed by atoms with van der Waals surface area (Å²) >= 11 is 0. The van der Waals surface area contributed by atoms with E-state index in [1.165, 1.54) is 30.4 Å². The Hall–Kier alpha value is -1.35. The zero-order valence-electron chi connectivity index (χ0n) is 14.7. The first-order valence-electron chi connectivity index (χ1n) is 9.78. The molecule has 3 aliphatic rings. The Kier molecular flexibility index (Phi) is 4.38. The van der Waals surface area contributed by atoms with Gasteiger partial charge in [-0.05, 0) is 67.4 Å². The Labute approximate surface area is 145 Å². The van der Waals surface area contributed by atoms with E-state index in [-0.39, 0.29) is 17.9 Å². The Morgan fingerprint density at radius 2 is 1.71 bits per heavy atom. The average Bonchev–Trinajstić information content (AvgIpc) is 2.57. The van der Waals surface area contributed by atoms with E-state index in [1.54, 1.807) is 0 Å². The number of nitrogens with one attached hydrogen (secondary N) is 1. The second kappa shape index (κ2) is 6.51. The molecular weight excluding hydrogens is 296 g/mol. The van der Waals surface area contributed by atoms with Gasteiger partial charge in [0.15, 0.2) is 0 Å². The van der Waals surface area contributed by atoms with Crippen LogP contribution in [0.15, 0.2) is 24.3 Å². The van der Waals surface area contributed by atoms with Crippen LogP contribution in [0.1, 0.15) is 75.0 Å². The van der Waals surface area contributed by atoms with Crippen LogP contribution >= 0.6 is 0 Å². The number of hydrogen-bond acceptors (Lipinski definition) is 2. The second-order valence-electron chi connectivity index (χ2n) is 8.37. The third kappa shape index (κ3) is 2.88. The minimum absolute atomic E-state index is 0.173. The number of hydrogen-bond donors (Lipinski definition) is 2. The van der Waals surface area contributed by atoms with Gasteiger partial charge in [0.2, 0.25) is 5.91 Å². The number of amides is 1. The molecule has 4 rings (SSSR count). The summed E-state index contributed by atoms with van der Waals surface area (Å²) in [6, 6.07) is 9.16. The minimum Gasteiger partial charge on any atom is -0.349 e.